The fourth-order valence-electron chi connectivity index (χ4n) is 3.71. The van der Waals surface area contributed by atoms with E-state index in [0.29, 0.717) is 12.3 Å². The van der Waals surface area contributed by atoms with Gasteiger partial charge in [-0.2, -0.15) is 0 Å². The average Bonchev–Trinajstić information content (AvgIpc) is 3.14. The zero-order valence-corrected chi connectivity index (χ0v) is 16.6. The van der Waals surface area contributed by atoms with E-state index < -0.39 is 0 Å². The fraction of sp³-hybridized carbons (Fsp3) is 0.318. The Morgan fingerprint density at radius 2 is 2.00 bits per heavy atom. The third kappa shape index (κ3) is 4.12. The van der Waals surface area contributed by atoms with Gasteiger partial charge < -0.3 is 4.90 Å². The third-order valence-corrected chi connectivity index (χ3v) is 6.16. The maximum atomic E-state index is 13.4. The highest BCUT2D eigenvalue weighted by Crippen LogP contribution is 2.28. The molecule has 0 N–H and O–H groups in total. The van der Waals surface area contributed by atoms with Crippen molar-refractivity contribution in [2.75, 3.05) is 13.1 Å². The van der Waals surface area contributed by atoms with Crippen molar-refractivity contribution in [2.45, 2.75) is 32.1 Å². The number of piperidine rings is 1. The summed E-state index contributed by atoms with van der Waals surface area (Å²) in [6.45, 7) is 3.35. The Labute approximate surface area is 168 Å². The van der Waals surface area contributed by atoms with E-state index in [2.05, 4.69) is 11.1 Å². The molecule has 0 saturated carbocycles. The molecule has 1 amide bonds. The Morgan fingerprint density at radius 3 is 2.71 bits per heavy atom. The van der Waals surface area contributed by atoms with Crippen molar-refractivity contribution in [3.05, 3.63) is 81.3 Å². The SMILES string of the molecule is Cc1ncsc1C(=O)N1CCC(c2cccc(Cc3cccc(F)c3)n2)CC1. The molecule has 4 nitrogen and oxygen atoms in total. The Kier molecular flexibility index (Phi) is 5.48. The largest absolute Gasteiger partial charge is 0.338 e. The summed E-state index contributed by atoms with van der Waals surface area (Å²) in [5, 5.41) is 0. The third-order valence-electron chi connectivity index (χ3n) is 5.24. The van der Waals surface area contributed by atoms with Crippen LogP contribution in [0.3, 0.4) is 0 Å². The van der Waals surface area contributed by atoms with Gasteiger partial charge in [0.25, 0.3) is 5.91 Å². The van der Waals surface area contributed by atoms with E-state index in [0.717, 1.165) is 53.5 Å². The number of nitrogens with zero attached hydrogens (tertiary/aromatic N) is 3. The van der Waals surface area contributed by atoms with Gasteiger partial charge in [-0.3, -0.25) is 9.78 Å². The molecule has 144 valence electrons. The van der Waals surface area contributed by atoms with Crippen LogP contribution in [0.15, 0.2) is 48.0 Å². The summed E-state index contributed by atoms with van der Waals surface area (Å²) in [6, 6.07) is 12.7. The molecule has 0 atom stereocenters. The van der Waals surface area contributed by atoms with Gasteiger partial charge in [0, 0.05) is 36.8 Å². The number of hydrogen-bond acceptors (Lipinski definition) is 4. The van der Waals surface area contributed by atoms with Crippen molar-refractivity contribution in [2.24, 2.45) is 0 Å². The van der Waals surface area contributed by atoms with E-state index in [-0.39, 0.29) is 11.7 Å². The highest BCUT2D eigenvalue weighted by Gasteiger charge is 2.27. The first kappa shape index (κ1) is 18.7. The fourth-order valence-corrected chi connectivity index (χ4v) is 4.48. The van der Waals surface area contributed by atoms with Crippen molar-refractivity contribution < 1.29 is 9.18 Å². The molecule has 0 radical (unpaired) electrons. The van der Waals surface area contributed by atoms with E-state index in [1.165, 1.54) is 17.4 Å². The van der Waals surface area contributed by atoms with Gasteiger partial charge in [-0.1, -0.05) is 18.2 Å². The van der Waals surface area contributed by atoms with Gasteiger partial charge in [-0.05, 0) is 49.6 Å². The minimum Gasteiger partial charge on any atom is -0.338 e. The Bertz CT molecular complexity index is 979. The van der Waals surface area contributed by atoms with Gasteiger partial charge in [-0.25, -0.2) is 9.37 Å². The minimum atomic E-state index is -0.220. The maximum Gasteiger partial charge on any atom is 0.265 e. The van der Waals surface area contributed by atoms with Crippen molar-refractivity contribution in [3.63, 3.8) is 0 Å². The van der Waals surface area contributed by atoms with Crippen LogP contribution < -0.4 is 0 Å². The van der Waals surface area contributed by atoms with Crippen LogP contribution in [0.2, 0.25) is 0 Å². The first-order valence-electron chi connectivity index (χ1n) is 9.50. The highest BCUT2D eigenvalue weighted by atomic mass is 32.1. The standard InChI is InChI=1S/C22H22FN3OS/c1-15-21(28-14-24-15)22(27)26-10-8-17(9-11-26)20-7-3-6-19(25-20)13-16-4-2-5-18(23)12-16/h2-7,12,14,17H,8-11,13H2,1H3. The molecule has 0 bridgehead atoms. The van der Waals surface area contributed by atoms with Crippen LogP contribution in [-0.2, 0) is 6.42 Å². The number of aryl methyl sites for hydroxylation is 1. The van der Waals surface area contributed by atoms with Gasteiger partial charge in [0.05, 0.1) is 11.2 Å². The van der Waals surface area contributed by atoms with Crippen LogP contribution in [0.1, 0.15) is 51.1 Å². The minimum absolute atomic E-state index is 0.0891. The van der Waals surface area contributed by atoms with Crippen LogP contribution >= 0.6 is 11.3 Å². The van der Waals surface area contributed by atoms with Crippen molar-refractivity contribution in [1.82, 2.24) is 14.9 Å². The predicted octanol–water partition coefficient (Wildman–Crippen LogP) is 4.60. The summed E-state index contributed by atoms with van der Waals surface area (Å²) >= 11 is 1.41. The van der Waals surface area contributed by atoms with Gasteiger partial charge in [0.1, 0.15) is 10.7 Å². The molecular formula is C22H22FN3OS. The van der Waals surface area contributed by atoms with Crippen LogP contribution in [-0.4, -0.2) is 33.9 Å². The van der Waals surface area contributed by atoms with Gasteiger partial charge in [-0.15, -0.1) is 11.3 Å². The monoisotopic (exact) mass is 395 g/mol. The summed E-state index contributed by atoms with van der Waals surface area (Å²) in [5.74, 6) is 0.215. The Morgan fingerprint density at radius 1 is 1.21 bits per heavy atom. The highest BCUT2D eigenvalue weighted by molar-refractivity contribution is 7.11. The molecule has 1 aromatic carbocycles. The lowest BCUT2D eigenvalue weighted by Crippen LogP contribution is -2.38. The van der Waals surface area contributed by atoms with E-state index in [4.69, 9.17) is 4.98 Å². The summed E-state index contributed by atoms with van der Waals surface area (Å²) in [4.78, 5) is 24.3. The second kappa shape index (κ2) is 8.19. The van der Waals surface area contributed by atoms with Crippen LogP contribution in [0.5, 0.6) is 0 Å². The second-order valence-corrected chi connectivity index (χ2v) is 8.05. The number of pyridine rings is 1. The first-order chi connectivity index (χ1) is 13.6. The summed E-state index contributed by atoms with van der Waals surface area (Å²) in [6.07, 6.45) is 2.42. The Hall–Kier alpha value is -2.60. The smallest absolute Gasteiger partial charge is 0.265 e. The lowest BCUT2D eigenvalue weighted by Gasteiger charge is -2.31. The molecule has 3 heterocycles. The number of halogens is 1. The molecule has 1 aliphatic heterocycles. The van der Waals surface area contributed by atoms with Gasteiger partial charge in [0.15, 0.2) is 0 Å². The molecule has 6 heteroatoms. The molecule has 1 saturated heterocycles. The zero-order chi connectivity index (χ0) is 19.5. The molecule has 1 fully saturated rings. The quantitative estimate of drug-likeness (QED) is 0.649. The Balaban J connectivity index is 1.41. The average molecular weight is 396 g/mol. The molecule has 3 aromatic rings. The number of benzene rings is 1. The summed E-state index contributed by atoms with van der Waals surface area (Å²) in [7, 11) is 0. The van der Waals surface area contributed by atoms with Crippen LogP contribution in [0.25, 0.3) is 0 Å². The van der Waals surface area contributed by atoms with E-state index in [9.17, 15) is 9.18 Å². The lowest BCUT2D eigenvalue weighted by molar-refractivity contribution is 0.0716. The zero-order valence-electron chi connectivity index (χ0n) is 15.8. The molecule has 1 aliphatic rings. The van der Waals surface area contributed by atoms with E-state index in [1.54, 1.807) is 17.6 Å². The maximum absolute atomic E-state index is 13.4. The first-order valence-corrected chi connectivity index (χ1v) is 10.4. The predicted molar refractivity (Wildman–Crippen MR) is 108 cm³/mol. The number of likely N-dealkylation sites (tertiary alicyclic amines) is 1. The molecule has 28 heavy (non-hydrogen) atoms. The number of carbonyl (C=O) groups is 1. The molecule has 2 aromatic heterocycles. The molecule has 0 aliphatic carbocycles. The van der Waals surface area contributed by atoms with Crippen LogP contribution in [0, 0.1) is 12.7 Å². The molecule has 0 unspecified atom stereocenters. The topological polar surface area (TPSA) is 46.1 Å². The second-order valence-electron chi connectivity index (χ2n) is 7.19. The number of aromatic nitrogens is 2. The molecule has 0 spiro atoms. The van der Waals surface area contributed by atoms with Crippen molar-refractivity contribution in [1.29, 1.82) is 0 Å². The van der Waals surface area contributed by atoms with Crippen molar-refractivity contribution in [3.8, 4) is 0 Å². The molecular weight excluding hydrogens is 373 g/mol. The number of amides is 1. The van der Waals surface area contributed by atoms with E-state index in [1.807, 2.05) is 30.0 Å². The van der Waals surface area contributed by atoms with Gasteiger partial charge in [0.2, 0.25) is 0 Å². The number of thiazole rings is 1. The lowest BCUT2D eigenvalue weighted by atomic mass is 9.92. The van der Waals surface area contributed by atoms with Gasteiger partial charge >= 0.3 is 0 Å². The number of hydrogen-bond donors (Lipinski definition) is 0. The van der Waals surface area contributed by atoms with E-state index >= 15 is 0 Å². The molecule has 4 rings (SSSR count). The number of rotatable bonds is 4. The summed E-state index contributed by atoms with van der Waals surface area (Å²) in [5.41, 5.74) is 5.47. The van der Waals surface area contributed by atoms with Crippen molar-refractivity contribution >= 4 is 17.2 Å². The number of carbonyl (C=O) groups excluding carboxylic acids is 1. The summed E-state index contributed by atoms with van der Waals surface area (Å²) < 4.78 is 13.4. The van der Waals surface area contributed by atoms with Crippen LogP contribution in [0.4, 0.5) is 4.39 Å². The normalized spacial score (nSPS) is 15.0.